The maximum absolute atomic E-state index is 12.6. The van der Waals surface area contributed by atoms with Crippen molar-refractivity contribution < 1.29 is 9.59 Å². The molecule has 0 aromatic heterocycles. The van der Waals surface area contributed by atoms with Crippen LogP contribution in [0.1, 0.15) is 82.1 Å². The predicted octanol–water partition coefficient (Wildman–Crippen LogP) is 6.25. The van der Waals surface area contributed by atoms with Crippen molar-refractivity contribution >= 4 is 23.2 Å². The molecule has 5 nitrogen and oxygen atoms in total. The van der Waals surface area contributed by atoms with Gasteiger partial charge in [0.1, 0.15) is 0 Å². The molecule has 1 N–H and O–H groups in total. The molecule has 34 heavy (non-hydrogen) atoms. The van der Waals surface area contributed by atoms with Crippen LogP contribution in [0.3, 0.4) is 0 Å². The van der Waals surface area contributed by atoms with E-state index in [1.54, 1.807) is 0 Å². The standard InChI is InChI=1S/C29H41N3O2/c1-5-6-7-8-9-10-27(33)32-21-19-31(20-22-32)26-17-15-25(16-18-26)30-28(34)23-11-13-24(14-12-23)29(2,3)4/h11-18H,5-10,19-22H2,1-4H3,(H,30,34). The summed E-state index contributed by atoms with van der Waals surface area (Å²) >= 11 is 0. The number of unbranched alkanes of at least 4 members (excludes halogenated alkanes) is 4. The number of hydrogen-bond acceptors (Lipinski definition) is 3. The number of hydrogen-bond donors (Lipinski definition) is 1. The highest BCUT2D eigenvalue weighted by Crippen LogP contribution is 2.23. The maximum atomic E-state index is 12.6. The Morgan fingerprint density at radius 3 is 2.03 bits per heavy atom. The van der Waals surface area contributed by atoms with Crippen molar-refractivity contribution in [3.63, 3.8) is 0 Å². The second kappa shape index (κ2) is 12.0. The molecule has 3 rings (SSSR count). The first-order valence-corrected chi connectivity index (χ1v) is 12.8. The molecule has 184 valence electrons. The fourth-order valence-corrected chi connectivity index (χ4v) is 4.33. The number of amides is 2. The van der Waals surface area contributed by atoms with Crippen LogP contribution in [0, 0.1) is 0 Å². The minimum absolute atomic E-state index is 0.0673. The third-order valence-corrected chi connectivity index (χ3v) is 6.63. The molecular formula is C29H41N3O2. The van der Waals surface area contributed by atoms with E-state index in [9.17, 15) is 9.59 Å². The average molecular weight is 464 g/mol. The molecule has 0 radical (unpaired) electrons. The largest absolute Gasteiger partial charge is 0.368 e. The number of carbonyl (C=O) groups is 2. The molecule has 0 spiro atoms. The molecule has 0 saturated carbocycles. The number of nitrogens with one attached hydrogen (secondary N) is 1. The molecule has 1 fully saturated rings. The van der Waals surface area contributed by atoms with Crippen molar-refractivity contribution in [3.05, 3.63) is 59.7 Å². The lowest BCUT2D eigenvalue weighted by Gasteiger charge is -2.36. The molecule has 2 aromatic carbocycles. The number of rotatable bonds is 9. The number of anilines is 2. The minimum Gasteiger partial charge on any atom is -0.368 e. The number of nitrogens with zero attached hydrogens (tertiary/aromatic N) is 2. The summed E-state index contributed by atoms with van der Waals surface area (Å²) in [4.78, 5) is 29.4. The zero-order valence-electron chi connectivity index (χ0n) is 21.4. The van der Waals surface area contributed by atoms with Gasteiger partial charge in [0.15, 0.2) is 0 Å². The van der Waals surface area contributed by atoms with Crippen LogP contribution in [0.15, 0.2) is 48.5 Å². The molecular weight excluding hydrogens is 422 g/mol. The molecule has 0 unspecified atom stereocenters. The van der Waals surface area contributed by atoms with Crippen LogP contribution in [-0.2, 0) is 10.2 Å². The van der Waals surface area contributed by atoms with Gasteiger partial charge in [-0.1, -0.05) is 65.5 Å². The third-order valence-electron chi connectivity index (χ3n) is 6.63. The second-order valence-electron chi connectivity index (χ2n) is 10.4. The molecule has 0 aliphatic carbocycles. The molecule has 0 atom stereocenters. The lowest BCUT2D eigenvalue weighted by atomic mass is 9.87. The van der Waals surface area contributed by atoms with Gasteiger partial charge in [-0.15, -0.1) is 0 Å². The first-order chi connectivity index (χ1) is 16.3. The number of benzene rings is 2. The molecule has 5 heteroatoms. The first-order valence-electron chi connectivity index (χ1n) is 12.8. The van der Waals surface area contributed by atoms with Crippen molar-refractivity contribution in [2.75, 3.05) is 36.4 Å². The van der Waals surface area contributed by atoms with Crippen LogP contribution in [0.4, 0.5) is 11.4 Å². The SMILES string of the molecule is CCCCCCCC(=O)N1CCN(c2ccc(NC(=O)c3ccc(C(C)(C)C)cc3)cc2)CC1. The Bertz CT molecular complexity index is 921. The first kappa shape index (κ1) is 25.8. The summed E-state index contributed by atoms with van der Waals surface area (Å²) in [6.45, 7) is 11.9. The number of piperazine rings is 1. The fourth-order valence-electron chi connectivity index (χ4n) is 4.33. The van der Waals surface area contributed by atoms with Crippen LogP contribution in [0.2, 0.25) is 0 Å². The molecule has 1 heterocycles. The Morgan fingerprint density at radius 2 is 1.44 bits per heavy atom. The van der Waals surface area contributed by atoms with Crippen LogP contribution >= 0.6 is 0 Å². The third kappa shape index (κ3) is 7.34. The van der Waals surface area contributed by atoms with Crippen molar-refractivity contribution in [1.82, 2.24) is 4.90 Å². The summed E-state index contributed by atoms with van der Waals surface area (Å²) < 4.78 is 0. The molecule has 1 saturated heterocycles. The quantitative estimate of drug-likeness (QED) is 0.448. The summed E-state index contributed by atoms with van der Waals surface area (Å²) in [5.41, 5.74) is 3.84. The Morgan fingerprint density at radius 1 is 0.824 bits per heavy atom. The number of carbonyl (C=O) groups excluding carboxylic acids is 2. The monoisotopic (exact) mass is 463 g/mol. The van der Waals surface area contributed by atoms with Gasteiger partial charge in [0.05, 0.1) is 0 Å². The normalized spacial score (nSPS) is 14.2. The topological polar surface area (TPSA) is 52.7 Å². The highest BCUT2D eigenvalue weighted by molar-refractivity contribution is 6.04. The van der Waals surface area contributed by atoms with Crippen molar-refractivity contribution in [2.45, 2.75) is 71.6 Å². The Labute approximate surface area is 205 Å². The van der Waals surface area contributed by atoms with E-state index < -0.39 is 0 Å². The zero-order chi connectivity index (χ0) is 24.6. The summed E-state index contributed by atoms with van der Waals surface area (Å²) in [7, 11) is 0. The van der Waals surface area contributed by atoms with Gasteiger partial charge in [-0.3, -0.25) is 9.59 Å². The second-order valence-corrected chi connectivity index (χ2v) is 10.4. The highest BCUT2D eigenvalue weighted by Gasteiger charge is 2.21. The van der Waals surface area contributed by atoms with E-state index in [0.717, 1.165) is 50.4 Å². The van der Waals surface area contributed by atoms with E-state index in [0.29, 0.717) is 17.9 Å². The zero-order valence-corrected chi connectivity index (χ0v) is 21.4. The summed E-state index contributed by atoms with van der Waals surface area (Å²) in [6, 6.07) is 15.8. The van der Waals surface area contributed by atoms with E-state index in [2.05, 4.69) is 37.9 Å². The van der Waals surface area contributed by atoms with Gasteiger partial charge in [0.2, 0.25) is 5.91 Å². The van der Waals surface area contributed by atoms with Crippen molar-refractivity contribution in [1.29, 1.82) is 0 Å². The van der Waals surface area contributed by atoms with Gasteiger partial charge in [-0.2, -0.15) is 0 Å². The fraction of sp³-hybridized carbons (Fsp3) is 0.517. The van der Waals surface area contributed by atoms with E-state index in [4.69, 9.17) is 0 Å². The summed E-state index contributed by atoms with van der Waals surface area (Å²) in [5.74, 6) is 0.194. The van der Waals surface area contributed by atoms with Crippen molar-refractivity contribution in [2.24, 2.45) is 0 Å². The van der Waals surface area contributed by atoms with Gasteiger partial charge in [0, 0.05) is 49.5 Å². The van der Waals surface area contributed by atoms with E-state index in [1.807, 2.05) is 53.4 Å². The van der Waals surface area contributed by atoms with E-state index >= 15 is 0 Å². The van der Waals surface area contributed by atoms with Gasteiger partial charge >= 0.3 is 0 Å². The average Bonchev–Trinajstić information content (AvgIpc) is 2.84. The molecule has 2 amide bonds. The van der Waals surface area contributed by atoms with Gasteiger partial charge in [0.25, 0.3) is 5.91 Å². The van der Waals surface area contributed by atoms with Crippen molar-refractivity contribution in [3.8, 4) is 0 Å². The van der Waals surface area contributed by atoms with Crippen LogP contribution in [-0.4, -0.2) is 42.9 Å². The minimum atomic E-state index is -0.102. The van der Waals surface area contributed by atoms with Crippen LogP contribution in [0.25, 0.3) is 0 Å². The molecule has 1 aliphatic rings. The maximum Gasteiger partial charge on any atom is 0.255 e. The Balaban J connectivity index is 1.46. The van der Waals surface area contributed by atoms with Gasteiger partial charge in [-0.05, 0) is 53.8 Å². The smallest absolute Gasteiger partial charge is 0.255 e. The van der Waals surface area contributed by atoms with E-state index in [-0.39, 0.29) is 11.3 Å². The van der Waals surface area contributed by atoms with Gasteiger partial charge < -0.3 is 15.1 Å². The Kier molecular flexibility index (Phi) is 9.14. The summed E-state index contributed by atoms with van der Waals surface area (Å²) in [5, 5.41) is 2.99. The molecule has 1 aliphatic heterocycles. The summed E-state index contributed by atoms with van der Waals surface area (Å²) in [6.07, 6.45) is 6.57. The van der Waals surface area contributed by atoms with Crippen LogP contribution < -0.4 is 10.2 Å². The lowest BCUT2D eigenvalue weighted by molar-refractivity contribution is -0.131. The van der Waals surface area contributed by atoms with E-state index in [1.165, 1.54) is 24.8 Å². The molecule has 2 aromatic rings. The predicted molar refractivity (Wildman–Crippen MR) is 142 cm³/mol. The van der Waals surface area contributed by atoms with Crippen LogP contribution in [0.5, 0.6) is 0 Å². The molecule has 0 bridgehead atoms. The Hall–Kier alpha value is -2.82. The van der Waals surface area contributed by atoms with Gasteiger partial charge in [-0.25, -0.2) is 0 Å². The lowest BCUT2D eigenvalue weighted by Crippen LogP contribution is -2.48. The highest BCUT2D eigenvalue weighted by atomic mass is 16.2.